The topological polar surface area (TPSA) is 68.8 Å². The molecule has 0 aromatic heterocycles. The Balaban J connectivity index is 1.63. The van der Waals surface area contributed by atoms with Crippen molar-refractivity contribution in [3.8, 4) is 0 Å². The normalized spacial score (nSPS) is 23.0. The minimum atomic E-state index is -4.17. The number of hydrogen-bond donors (Lipinski definition) is 3. The number of carbonyl (C=O) groups is 1. The van der Waals surface area contributed by atoms with Gasteiger partial charge in [-0.15, -0.1) is 0 Å². The van der Waals surface area contributed by atoms with Crippen molar-refractivity contribution in [2.45, 2.75) is 56.8 Å². The van der Waals surface area contributed by atoms with Gasteiger partial charge in [-0.05, 0) is 19.3 Å². The van der Waals surface area contributed by atoms with E-state index in [9.17, 15) is 18.0 Å². The first-order chi connectivity index (χ1) is 11.9. The van der Waals surface area contributed by atoms with E-state index in [0.717, 1.165) is 12.8 Å². The predicted molar refractivity (Wildman–Crippen MR) is 90.4 cm³/mol. The Morgan fingerprint density at radius 2 is 1.88 bits per heavy atom. The van der Waals surface area contributed by atoms with E-state index in [1.54, 1.807) is 7.05 Å². The summed E-state index contributed by atoms with van der Waals surface area (Å²) in [5.41, 5.74) is 0. The van der Waals surface area contributed by atoms with Crippen LogP contribution >= 0.6 is 0 Å². The molecule has 1 aliphatic heterocycles. The number of hydrogen-bond acceptors (Lipinski definition) is 3. The van der Waals surface area contributed by atoms with Gasteiger partial charge < -0.3 is 16.0 Å². The Labute approximate surface area is 146 Å². The number of rotatable bonds is 6. The molecule has 2 aliphatic rings. The predicted octanol–water partition coefficient (Wildman–Crippen LogP) is 1.24. The number of aliphatic imine (C=N–C) groups is 1. The van der Waals surface area contributed by atoms with Crippen LogP contribution in [0.25, 0.3) is 0 Å². The van der Waals surface area contributed by atoms with Gasteiger partial charge >= 0.3 is 6.18 Å². The van der Waals surface area contributed by atoms with Crippen LogP contribution in [0.3, 0.4) is 0 Å². The molecule has 1 amide bonds. The zero-order valence-corrected chi connectivity index (χ0v) is 14.7. The second-order valence-electron chi connectivity index (χ2n) is 6.78. The van der Waals surface area contributed by atoms with Gasteiger partial charge in [0.05, 0.1) is 6.54 Å². The molecule has 2 fully saturated rings. The van der Waals surface area contributed by atoms with Crippen LogP contribution in [0.4, 0.5) is 13.2 Å². The molecular formula is C16H28F3N5O. The fraction of sp³-hybridized carbons (Fsp3) is 0.875. The third-order valence-corrected chi connectivity index (χ3v) is 4.60. The van der Waals surface area contributed by atoms with Crippen molar-refractivity contribution in [2.75, 3.05) is 33.2 Å². The Morgan fingerprint density at radius 1 is 1.16 bits per heavy atom. The molecule has 144 valence electrons. The third kappa shape index (κ3) is 7.50. The van der Waals surface area contributed by atoms with Gasteiger partial charge in [0.15, 0.2) is 5.96 Å². The van der Waals surface area contributed by atoms with Gasteiger partial charge in [-0.25, -0.2) is 0 Å². The first-order valence-corrected chi connectivity index (χ1v) is 8.91. The van der Waals surface area contributed by atoms with Gasteiger partial charge in [0, 0.05) is 45.2 Å². The Morgan fingerprint density at radius 3 is 2.52 bits per heavy atom. The fourth-order valence-corrected chi connectivity index (χ4v) is 3.40. The second kappa shape index (κ2) is 9.26. The number of guanidine groups is 1. The number of alkyl halides is 3. The van der Waals surface area contributed by atoms with E-state index in [1.165, 1.54) is 17.7 Å². The molecule has 1 saturated carbocycles. The van der Waals surface area contributed by atoms with Crippen LogP contribution in [-0.4, -0.2) is 68.3 Å². The molecule has 0 aromatic carbocycles. The maximum atomic E-state index is 12.4. The van der Waals surface area contributed by atoms with Crippen molar-refractivity contribution in [2.24, 2.45) is 4.99 Å². The van der Waals surface area contributed by atoms with Crippen LogP contribution in [0.15, 0.2) is 4.99 Å². The first kappa shape index (κ1) is 19.8. The standard InChI is InChI=1S/C16H28F3N5O/c1-20-15(21-8-6-14(25)22-12-4-2-3-5-12)23-13-7-9-24(10-13)11-16(17,18)19/h12-13H,2-11H2,1H3,(H,22,25)(H2,20,21,23). The molecule has 9 heteroatoms. The number of nitrogens with zero attached hydrogens (tertiary/aromatic N) is 2. The highest BCUT2D eigenvalue weighted by molar-refractivity contribution is 5.81. The lowest BCUT2D eigenvalue weighted by molar-refractivity contribution is -0.143. The van der Waals surface area contributed by atoms with Crippen molar-refractivity contribution >= 4 is 11.9 Å². The minimum absolute atomic E-state index is 0.0204. The van der Waals surface area contributed by atoms with Crippen LogP contribution < -0.4 is 16.0 Å². The van der Waals surface area contributed by atoms with Crippen molar-refractivity contribution in [3.63, 3.8) is 0 Å². The highest BCUT2D eigenvalue weighted by Gasteiger charge is 2.34. The smallest absolute Gasteiger partial charge is 0.356 e. The summed E-state index contributed by atoms with van der Waals surface area (Å²) in [6, 6.07) is 0.240. The van der Waals surface area contributed by atoms with Gasteiger partial charge in [-0.3, -0.25) is 14.7 Å². The molecule has 1 unspecified atom stereocenters. The summed E-state index contributed by atoms with van der Waals surface area (Å²) in [5.74, 6) is 0.541. The van der Waals surface area contributed by atoms with Gasteiger partial charge in [-0.2, -0.15) is 13.2 Å². The molecule has 1 aliphatic carbocycles. The summed E-state index contributed by atoms with van der Waals surface area (Å²) in [6.45, 7) is 0.316. The van der Waals surface area contributed by atoms with Crippen LogP contribution in [0.1, 0.15) is 38.5 Å². The van der Waals surface area contributed by atoms with Crippen LogP contribution in [0.5, 0.6) is 0 Å². The van der Waals surface area contributed by atoms with Crippen LogP contribution in [0, 0.1) is 0 Å². The van der Waals surface area contributed by atoms with Crippen molar-refractivity contribution in [1.82, 2.24) is 20.9 Å². The fourth-order valence-electron chi connectivity index (χ4n) is 3.40. The maximum Gasteiger partial charge on any atom is 0.401 e. The molecule has 2 rings (SSSR count). The summed E-state index contributed by atoms with van der Waals surface area (Å²) in [4.78, 5) is 17.3. The number of amides is 1. The lowest BCUT2D eigenvalue weighted by Gasteiger charge is -2.20. The maximum absolute atomic E-state index is 12.4. The molecule has 0 spiro atoms. The number of nitrogens with one attached hydrogen (secondary N) is 3. The summed E-state index contributed by atoms with van der Waals surface area (Å²) in [5, 5.41) is 9.20. The largest absolute Gasteiger partial charge is 0.401 e. The quantitative estimate of drug-likeness (QED) is 0.491. The highest BCUT2D eigenvalue weighted by atomic mass is 19.4. The van der Waals surface area contributed by atoms with Crippen molar-refractivity contribution < 1.29 is 18.0 Å². The summed E-state index contributed by atoms with van der Waals surface area (Å²) in [6.07, 6.45) is 1.28. The van der Waals surface area contributed by atoms with E-state index in [-0.39, 0.29) is 11.9 Å². The molecule has 0 aromatic rings. The highest BCUT2D eigenvalue weighted by Crippen LogP contribution is 2.20. The van der Waals surface area contributed by atoms with Gasteiger partial charge in [0.25, 0.3) is 0 Å². The van der Waals surface area contributed by atoms with Gasteiger partial charge in [0.1, 0.15) is 0 Å². The molecular weight excluding hydrogens is 335 g/mol. The molecule has 6 nitrogen and oxygen atoms in total. The first-order valence-electron chi connectivity index (χ1n) is 8.91. The summed E-state index contributed by atoms with van der Waals surface area (Å²) >= 11 is 0. The monoisotopic (exact) mass is 363 g/mol. The average Bonchev–Trinajstić information content (AvgIpc) is 3.16. The molecule has 3 N–H and O–H groups in total. The number of likely N-dealkylation sites (tertiary alicyclic amines) is 1. The van der Waals surface area contributed by atoms with E-state index in [0.29, 0.717) is 44.5 Å². The van der Waals surface area contributed by atoms with E-state index in [1.807, 2.05) is 0 Å². The number of carbonyl (C=O) groups excluding carboxylic acids is 1. The molecule has 0 bridgehead atoms. The van der Waals surface area contributed by atoms with Crippen LogP contribution in [0.2, 0.25) is 0 Å². The average molecular weight is 363 g/mol. The Kier molecular flexibility index (Phi) is 7.34. The third-order valence-electron chi connectivity index (χ3n) is 4.60. The molecule has 1 atom stereocenters. The SMILES string of the molecule is CN=C(NCCC(=O)NC1CCCC1)NC1CCN(CC(F)(F)F)C1. The zero-order valence-electron chi connectivity index (χ0n) is 14.7. The van der Waals surface area contributed by atoms with Gasteiger partial charge in [0.2, 0.25) is 5.91 Å². The lowest BCUT2D eigenvalue weighted by atomic mass is 10.2. The second-order valence-corrected chi connectivity index (χ2v) is 6.78. The van der Waals surface area contributed by atoms with E-state index >= 15 is 0 Å². The summed E-state index contributed by atoms with van der Waals surface area (Å²) in [7, 11) is 1.61. The Bertz CT molecular complexity index is 463. The van der Waals surface area contributed by atoms with Crippen LogP contribution in [-0.2, 0) is 4.79 Å². The Hall–Kier alpha value is -1.51. The molecule has 0 radical (unpaired) electrons. The minimum Gasteiger partial charge on any atom is -0.356 e. The summed E-state index contributed by atoms with van der Waals surface area (Å²) < 4.78 is 37.2. The van der Waals surface area contributed by atoms with Crippen molar-refractivity contribution in [1.29, 1.82) is 0 Å². The molecule has 25 heavy (non-hydrogen) atoms. The lowest BCUT2D eigenvalue weighted by Crippen LogP contribution is -2.46. The molecule has 1 heterocycles. The van der Waals surface area contributed by atoms with Gasteiger partial charge in [-0.1, -0.05) is 12.8 Å². The van der Waals surface area contributed by atoms with E-state index < -0.39 is 12.7 Å². The zero-order chi connectivity index (χ0) is 18.3. The van der Waals surface area contributed by atoms with E-state index in [4.69, 9.17) is 0 Å². The number of halogens is 3. The van der Waals surface area contributed by atoms with E-state index in [2.05, 4.69) is 20.9 Å². The molecule has 1 saturated heterocycles. The van der Waals surface area contributed by atoms with Crippen molar-refractivity contribution in [3.05, 3.63) is 0 Å².